The molecule has 1 aromatic rings. The van der Waals surface area contributed by atoms with E-state index in [1.54, 1.807) is 36.3 Å². The molecule has 0 atom stereocenters. The Morgan fingerprint density at radius 2 is 1.70 bits per heavy atom. The van der Waals surface area contributed by atoms with E-state index in [4.69, 9.17) is 18.9 Å². The molecule has 0 bridgehead atoms. The summed E-state index contributed by atoms with van der Waals surface area (Å²) in [4.78, 5) is 38.7. The van der Waals surface area contributed by atoms with Gasteiger partial charge in [0.15, 0.2) is 13.2 Å². The Kier molecular flexibility index (Phi) is 7.87. The number of morpholine rings is 1. The second-order valence-electron chi connectivity index (χ2n) is 5.87. The Hall–Kier alpha value is -2.81. The van der Waals surface area contributed by atoms with Crippen LogP contribution < -0.4 is 9.47 Å². The standard InChI is InChI=1S/C18H24N2O7/c1-19(11-16(21)20-7-9-25-10-8-20)17(22)12-27-18(23)13-26-15-5-3-14(24-2)4-6-15/h3-6H,7-13H2,1-2H3. The van der Waals surface area contributed by atoms with Gasteiger partial charge in [-0.3, -0.25) is 9.59 Å². The van der Waals surface area contributed by atoms with E-state index in [9.17, 15) is 14.4 Å². The van der Waals surface area contributed by atoms with Crippen molar-refractivity contribution in [3.05, 3.63) is 24.3 Å². The van der Waals surface area contributed by atoms with Crippen LogP contribution >= 0.6 is 0 Å². The zero-order valence-electron chi connectivity index (χ0n) is 15.5. The van der Waals surface area contributed by atoms with Crippen molar-refractivity contribution in [2.75, 3.05) is 60.2 Å². The summed E-state index contributed by atoms with van der Waals surface area (Å²) >= 11 is 0. The van der Waals surface area contributed by atoms with Gasteiger partial charge in [-0.2, -0.15) is 0 Å². The summed E-state index contributed by atoms with van der Waals surface area (Å²) in [6.45, 7) is 1.17. The van der Waals surface area contributed by atoms with Crippen LogP contribution in [0, 0.1) is 0 Å². The third kappa shape index (κ3) is 6.78. The normalized spacial score (nSPS) is 13.6. The Labute approximate surface area is 157 Å². The highest BCUT2D eigenvalue weighted by Crippen LogP contribution is 2.16. The van der Waals surface area contributed by atoms with Gasteiger partial charge in [0.1, 0.15) is 11.5 Å². The summed E-state index contributed by atoms with van der Waals surface area (Å²) in [5, 5.41) is 0. The first-order valence-corrected chi connectivity index (χ1v) is 8.51. The number of esters is 1. The molecule has 0 aromatic heterocycles. The van der Waals surface area contributed by atoms with Gasteiger partial charge < -0.3 is 28.7 Å². The van der Waals surface area contributed by atoms with E-state index in [1.807, 2.05) is 0 Å². The molecule has 1 aliphatic rings. The summed E-state index contributed by atoms with van der Waals surface area (Å²) in [6.07, 6.45) is 0. The van der Waals surface area contributed by atoms with Crippen LogP contribution in [-0.2, 0) is 23.9 Å². The number of hydrogen-bond acceptors (Lipinski definition) is 7. The average molecular weight is 380 g/mol. The van der Waals surface area contributed by atoms with E-state index in [1.165, 1.54) is 11.9 Å². The zero-order valence-corrected chi connectivity index (χ0v) is 15.5. The molecule has 2 amide bonds. The molecule has 0 radical (unpaired) electrons. The van der Waals surface area contributed by atoms with E-state index < -0.39 is 18.5 Å². The maximum absolute atomic E-state index is 12.1. The molecular weight excluding hydrogens is 356 g/mol. The highest BCUT2D eigenvalue weighted by atomic mass is 16.6. The molecule has 0 unspecified atom stereocenters. The topological polar surface area (TPSA) is 94.6 Å². The molecule has 1 saturated heterocycles. The fourth-order valence-corrected chi connectivity index (χ4v) is 2.31. The number of benzene rings is 1. The number of likely N-dealkylation sites (N-methyl/N-ethyl adjacent to an activating group) is 1. The molecule has 148 valence electrons. The smallest absolute Gasteiger partial charge is 0.344 e. The van der Waals surface area contributed by atoms with E-state index >= 15 is 0 Å². The molecule has 2 rings (SSSR count). The van der Waals surface area contributed by atoms with Crippen molar-refractivity contribution in [1.82, 2.24) is 9.80 Å². The summed E-state index contributed by atoms with van der Waals surface area (Å²) in [5.74, 6) is -0.151. The van der Waals surface area contributed by atoms with Crippen LogP contribution in [-0.4, -0.2) is 87.8 Å². The third-order valence-electron chi connectivity index (χ3n) is 3.93. The van der Waals surface area contributed by atoms with Gasteiger partial charge in [0.2, 0.25) is 5.91 Å². The van der Waals surface area contributed by atoms with E-state index in [0.29, 0.717) is 37.8 Å². The van der Waals surface area contributed by atoms with Crippen LogP contribution in [0.25, 0.3) is 0 Å². The van der Waals surface area contributed by atoms with E-state index in [-0.39, 0.29) is 19.1 Å². The minimum absolute atomic E-state index is 0.0707. The quantitative estimate of drug-likeness (QED) is 0.583. The molecule has 1 fully saturated rings. The van der Waals surface area contributed by atoms with Gasteiger partial charge in [0.05, 0.1) is 26.9 Å². The molecule has 0 N–H and O–H groups in total. The molecule has 1 aromatic carbocycles. The van der Waals surface area contributed by atoms with Crippen molar-refractivity contribution in [2.45, 2.75) is 0 Å². The first-order valence-electron chi connectivity index (χ1n) is 8.51. The lowest BCUT2D eigenvalue weighted by atomic mass is 10.3. The van der Waals surface area contributed by atoms with Gasteiger partial charge in [0, 0.05) is 20.1 Å². The van der Waals surface area contributed by atoms with Crippen LogP contribution in [0.3, 0.4) is 0 Å². The molecule has 1 heterocycles. The lowest BCUT2D eigenvalue weighted by Gasteiger charge is -2.28. The van der Waals surface area contributed by atoms with Crippen LogP contribution in [0.15, 0.2) is 24.3 Å². The van der Waals surface area contributed by atoms with Gasteiger partial charge >= 0.3 is 5.97 Å². The minimum Gasteiger partial charge on any atom is -0.497 e. The van der Waals surface area contributed by atoms with E-state index in [0.717, 1.165) is 0 Å². The van der Waals surface area contributed by atoms with Crippen LogP contribution in [0.5, 0.6) is 11.5 Å². The highest BCUT2D eigenvalue weighted by Gasteiger charge is 2.21. The number of amides is 2. The molecule has 0 saturated carbocycles. The zero-order chi connectivity index (χ0) is 19.6. The maximum Gasteiger partial charge on any atom is 0.344 e. The van der Waals surface area contributed by atoms with Gasteiger partial charge in [-0.05, 0) is 24.3 Å². The number of nitrogens with zero attached hydrogens (tertiary/aromatic N) is 2. The number of carbonyl (C=O) groups excluding carboxylic acids is 3. The molecular formula is C18H24N2O7. The van der Waals surface area contributed by atoms with Crippen LogP contribution in [0.2, 0.25) is 0 Å². The molecule has 27 heavy (non-hydrogen) atoms. The first kappa shape index (κ1) is 20.5. The SMILES string of the molecule is COc1ccc(OCC(=O)OCC(=O)N(C)CC(=O)N2CCOCC2)cc1. The summed E-state index contributed by atoms with van der Waals surface area (Å²) in [5.41, 5.74) is 0. The number of carbonyl (C=O) groups is 3. The third-order valence-corrected chi connectivity index (χ3v) is 3.93. The second kappa shape index (κ2) is 10.4. The number of rotatable bonds is 8. The average Bonchev–Trinajstić information content (AvgIpc) is 2.71. The summed E-state index contributed by atoms with van der Waals surface area (Å²) in [7, 11) is 3.04. The Morgan fingerprint density at radius 3 is 2.33 bits per heavy atom. The first-order chi connectivity index (χ1) is 13.0. The lowest BCUT2D eigenvalue weighted by molar-refractivity contribution is -0.154. The van der Waals surface area contributed by atoms with Crippen molar-refractivity contribution < 1.29 is 33.3 Å². The Bertz CT molecular complexity index is 642. The number of methoxy groups -OCH3 is 1. The summed E-state index contributed by atoms with van der Waals surface area (Å²) in [6, 6.07) is 6.71. The Morgan fingerprint density at radius 1 is 1.07 bits per heavy atom. The van der Waals surface area contributed by atoms with Crippen molar-refractivity contribution in [2.24, 2.45) is 0 Å². The lowest BCUT2D eigenvalue weighted by Crippen LogP contribution is -2.46. The highest BCUT2D eigenvalue weighted by molar-refractivity contribution is 5.86. The van der Waals surface area contributed by atoms with E-state index in [2.05, 4.69) is 0 Å². The fraction of sp³-hybridized carbons (Fsp3) is 0.500. The fourth-order valence-electron chi connectivity index (χ4n) is 2.31. The van der Waals surface area contributed by atoms with Crippen molar-refractivity contribution in [3.8, 4) is 11.5 Å². The van der Waals surface area contributed by atoms with Gasteiger partial charge in [0.25, 0.3) is 5.91 Å². The molecule has 9 heteroatoms. The predicted molar refractivity (Wildman–Crippen MR) is 94.5 cm³/mol. The van der Waals surface area contributed by atoms with Gasteiger partial charge in [-0.1, -0.05) is 0 Å². The van der Waals surface area contributed by atoms with Gasteiger partial charge in [-0.25, -0.2) is 4.79 Å². The monoisotopic (exact) mass is 380 g/mol. The predicted octanol–water partition coefficient (Wildman–Crippen LogP) is -0.0656. The number of ether oxygens (including phenoxy) is 4. The van der Waals surface area contributed by atoms with Crippen molar-refractivity contribution >= 4 is 17.8 Å². The largest absolute Gasteiger partial charge is 0.497 e. The maximum atomic E-state index is 12.1. The molecule has 9 nitrogen and oxygen atoms in total. The second-order valence-corrected chi connectivity index (χ2v) is 5.87. The van der Waals surface area contributed by atoms with Crippen LogP contribution in [0.1, 0.15) is 0 Å². The minimum atomic E-state index is -0.674. The van der Waals surface area contributed by atoms with Crippen LogP contribution in [0.4, 0.5) is 0 Å². The van der Waals surface area contributed by atoms with Crippen molar-refractivity contribution in [1.29, 1.82) is 0 Å². The summed E-state index contributed by atoms with van der Waals surface area (Å²) < 4.78 is 20.4. The molecule has 1 aliphatic heterocycles. The number of hydrogen-bond donors (Lipinski definition) is 0. The van der Waals surface area contributed by atoms with Crippen molar-refractivity contribution in [3.63, 3.8) is 0 Å². The van der Waals surface area contributed by atoms with Gasteiger partial charge in [-0.15, -0.1) is 0 Å². The molecule has 0 spiro atoms. The Balaban J connectivity index is 1.67. The molecule has 0 aliphatic carbocycles.